The second-order valence-electron chi connectivity index (χ2n) is 7.64. The van der Waals surface area contributed by atoms with E-state index < -0.39 is 10.0 Å². The lowest BCUT2D eigenvalue weighted by Crippen LogP contribution is -2.30. The van der Waals surface area contributed by atoms with Gasteiger partial charge in [-0.3, -0.25) is 4.79 Å². The average Bonchev–Trinajstić information content (AvgIpc) is 3.19. The van der Waals surface area contributed by atoms with Gasteiger partial charge >= 0.3 is 0 Å². The van der Waals surface area contributed by atoms with E-state index in [0.29, 0.717) is 18.7 Å². The lowest BCUT2D eigenvalue weighted by molar-refractivity contribution is 0.0939. The number of sulfonamides is 1. The van der Waals surface area contributed by atoms with Crippen LogP contribution in [0.3, 0.4) is 0 Å². The van der Waals surface area contributed by atoms with E-state index in [0.717, 1.165) is 35.1 Å². The largest absolute Gasteiger partial charge is 0.345 e. The van der Waals surface area contributed by atoms with Gasteiger partial charge in [-0.15, -0.1) is 0 Å². The molecule has 1 heterocycles. The maximum atomic E-state index is 12.9. The molecule has 1 saturated heterocycles. The predicted molar refractivity (Wildman–Crippen MR) is 111 cm³/mol. The summed E-state index contributed by atoms with van der Waals surface area (Å²) in [6.45, 7) is 8.90. The summed E-state index contributed by atoms with van der Waals surface area (Å²) in [6.07, 6.45) is 1.76. The summed E-state index contributed by atoms with van der Waals surface area (Å²) >= 11 is 0. The van der Waals surface area contributed by atoms with Crippen LogP contribution in [0.2, 0.25) is 0 Å². The summed E-state index contributed by atoms with van der Waals surface area (Å²) in [7, 11) is -3.55. The zero-order chi connectivity index (χ0) is 20.5. The van der Waals surface area contributed by atoms with Gasteiger partial charge in [-0.1, -0.05) is 29.8 Å². The van der Waals surface area contributed by atoms with Crippen LogP contribution in [0.25, 0.3) is 0 Å². The minimum atomic E-state index is -3.55. The summed E-state index contributed by atoms with van der Waals surface area (Å²) in [5, 5.41) is 3.02. The van der Waals surface area contributed by atoms with Crippen molar-refractivity contribution >= 4 is 15.9 Å². The molecule has 0 unspecified atom stereocenters. The quantitative estimate of drug-likeness (QED) is 0.828. The highest BCUT2D eigenvalue weighted by Gasteiger charge is 2.28. The molecular formula is C22H28N2O3S. The van der Waals surface area contributed by atoms with Crippen molar-refractivity contribution < 1.29 is 13.2 Å². The lowest BCUT2D eigenvalue weighted by atomic mass is 9.99. The molecule has 2 aromatic rings. The molecule has 0 bridgehead atoms. The van der Waals surface area contributed by atoms with Crippen LogP contribution < -0.4 is 5.32 Å². The minimum absolute atomic E-state index is 0.175. The van der Waals surface area contributed by atoms with Crippen LogP contribution in [0.4, 0.5) is 0 Å². The molecule has 3 rings (SSSR count). The summed E-state index contributed by atoms with van der Waals surface area (Å²) in [5.74, 6) is -0.260. The van der Waals surface area contributed by atoms with Gasteiger partial charge in [-0.2, -0.15) is 4.31 Å². The van der Waals surface area contributed by atoms with Crippen LogP contribution in [0.15, 0.2) is 41.3 Å². The third kappa shape index (κ3) is 4.13. The van der Waals surface area contributed by atoms with Crippen molar-refractivity contribution in [2.45, 2.75) is 51.5 Å². The maximum absolute atomic E-state index is 12.9. The van der Waals surface area contributed by atoms with E-state index in [-0.39, 0.29) is 16.8 Å². The molecule has 1 N–H and O–H groups in total. The van der Waals surface area contributed by atoms with E-state index in [4.69, 9.17) is 0 Å². The van der Waals surface area contributed by atoms with Gasteiger partial charge < -0.3 is 5.32 Å². The Kier molecular flexibility index (Phi) is 5.91. The summed E-state index contributed by atoms with van der Waals surface area (Å²) in [5.41, 5.74) is 4.47. The molecule has 0 radical (unpaired) electrons. The number of amides is 1. The zero-order valence-electron chi connectivity index (χ0n) is 17.0. The molecule has 1 aliphatic rings. The van der Waals surface area contributed by atoms with Crippen molar-refractivity contribution in [1.29, 1.82) is 0 Å². The van der Waals surface area contributed by atoms with Crippen LogP contribution in [-0.4, -0.2) is 31.7 Å². The second-order valence-corrected chi connectivity index (χ2v) is 9.58. The third-order valence-corrected chi connectivity index (χ3v) is 7.30. The zero-order valence-corrected chi connectivity index (χ0v) is 17.8. The molecule has 6 heteroatoms. The number of hydrogen-bond acceptors (Lipinski definition) is 3. The highest BCUT2D eigenvalue weighted by Crippen LogP contribution is 2.24. The fourth-order valence-electron chi connectivity index (χ4n) is 3.66. The van der Waals surface area contributed by atoms with Gasteiger partial charge in [0.25, 0.3) is 5.91 Å². The lowest BCUT2D eigenvalue weighted by Gasteiger charge is -2.19. The van der Waals surface area contributed by atoms with Crippen LogP contribution >= 0.6 is 0 Å². The highest BCUT2D eigenvalue weighted by atomic mass is 32.2. The molecule has 28 heavy (non-hydrogen) atoms. The Labute approximate surface area is 167 Å². The van der Waals surface area contributed by atoms with E-state index in [1.54, 1.807) is 12.1 Å². The molecule has 0 saturated carbocycles. The Morgan fingerprint density at radius 1 is 1.00 bits per heavy atom. The van der Waals surface area contributed by atoms with E-state index >= 15 is 0 Å². The van der Waals surface area contributed by atoms with Crippen LogP contribution in [0.1, 0.15) is 58.4 Å². The van der Waals surface area contributed by atoms with Crippen LogP contribution in [-0.2, 0) is 10.0 Å². The van der Waals surface area contributed by atoms with Gasteiger partial charge in [-0.25, -0.2) is 8.42 Å². The first-order valence-corrected chi connectivity index (χ1v) is 11.1. The molecule has 5 nitrogen and oxygen atoms in total. The molecular weight excluding hydrogens is 372 g/mol. The van der Waals surface area contributed by atoms with Gasteiger partial charge in [0.1, 0.15) is 0 Å². The SMILES string of the molecule is Cc1ccc(C)c([C@@H](C)NC(=O)c2cc(S(=O)(=O)N3CCCC3)ccc2C)c1. The number of rotatable bonds is 5. The summed E-state index contributed by atoms with van der Waals surface area (Å²) in [6, 6.07) is 10.8. The molecule has 1 fully saturated rings. The van der Waals surface area contributed by atoms with E-state index in [1.165, 1.54) is 10.4 Å². The standard InChI is InChI=1S/C22H28N2O3S/c1-15-7-8-16(2)20(13-15)18(4)23-22(25)21-14-19(10-9-17(21)3)28(26,27)24-11-5-6-12-24/h7-10,13-14,18H,5-6,11-12H2,1-4H3,(H,23,25)/t18-/m1/s1. The van der Waals surface area contributed by atoms with Gasteiger partial charge in [-0.05, 0) is 69.4 Å². The van der Waals surface area contributed by atoms with Crippen molar-refractivity contribution in [3.8, 4) is 0 Å². The van der Waals surface area contributed by atoms with Crippen molar-refractivity contribution in [2.75, 3.05) is 13.1 Å². The number of benzene rings is 2. The Morgan fingerprint density at radius 2 is 1.64 bits per heavy atom. The first-order valence-electron chi connectivity index (χ1n) is 9.69. The monoisotopic (exact) mass is 400 g/mol. The second kappa shape index (κ2) is 8.05. The smallest absolute Gasteiger partial charge is 0.252 e. The van der Waals surface area contributed by atoms with Crippen molar-refractivity contribution in [3.63, 3.8) is 0 Å². The number of aryl methyl sites for hydroxylation is 3. The van der Waals surface area contributed by atoms with Crippen LogP contribution in [0, 0.1) is 20.8 Å². The molecule has 1 amide bonds. The Balaban J connectivity index is 1.86. The molecule has 2 aromatic carbocycles. The van der Waals surface area contributed by atoms with Crippen molar-refractivity contribution in [1.82, 2.24) is 9.62 Å². The number of carbonyl (C=O) groups excluding carboxylic acids is 1. The summed E-state index contributed by atoms with van der Waals surface area (Å²) < 4.78 is 27.2. The molecule has 0 aromatic heterocycles. The minimum Gasteiger partial charge on any atom is -0.345 e. The van der Waals surface area contributed by atoms with E-state index in [1.807, 2.05) is 39.8 Å². The maximum Gasteiger partial charge on any atom is 0.252 e. The topological polar surface area (TPSA) is 66.5 Å². The van der Waals surface area contributed by atoms with Gasteiger partial charge in [0, 0.05) is 18.7 Å². The number of carbonyl (C=O) groups is 1. The molecule has 0 spiro atoms. The first-order chi connectivity index (χ1) is 13.2. The fraction of sp³-hybridized carbons (Fsp3) is 0.409. The Bertz CT molecular complexity index is 993. The number of hydrogen-bond donors (Lipinski definition) is 1. The predicted octanol–water partition coefficient (Wildman–Crippen LogP) is 3.89. The molecule has 150 valence electrons. The molecule has 0 aliphatic carbocycles. The Morgan fingerprint density at radius 3 is 2.32 bits per heavy atom. The van der Waals surface area contributed by atoms with Gasteiger partial charge in [0.05, 0.1) is 10.9 Å². The molecule has 1 aliphatic heterocycles. The van der Waals surface area contributed by atoms with Crippen LogP contribution in [0.5, 0.6) is 0 Å². The van der Waals surface area contributed by atoms with Crippen molar-refractivity contribution in [2.24, 2.45) is 0 Å². The normalized spacial score (nSPS) is 16.1. The molecule has 1 atom stereocenters. The third-order valence-electron chi connectivity index (χ3n) is 5.41. The summed E-state index contributed by atoms with van der Waals surface area (Å²) in [4.78, 5) is 13.1. The van der Waals surface area contributed by atoms with E-state index in [9.17, 15) is 13.2 Å². The van der Waals surface area contributed by atoms with Gasteiger partial charge in [0.2, 0.25) is 10.0 Å². The number of nitrogens with one attached hydrogen (secondary N) is 1. The van der Waals surface area contributed by atoms with Gasteiger partial charge in [0.15, 0.2) is 0 Å². The average molecular weight is 401 g/mol. The first kappa shape index (κ1) is 20.6. The van der Waals surface area contributed by atoms with E-state index in [2.05, 4.69) is 11.4 Å². The highest BCUT2D eigenvalue weighted by molar-refractivity contribution is 7.89. The number of nitrogens with zero attached hydrogens (tertiary/aromatic N) is 1. The fourth-order valence-corrected chi connectivity index (χ4v) is 5.21. The Hall–Kier alpha value is -2.18. The van der Waals surface area contributed by atoms with Crippen molar-refractivity contribution in [3.05, 3.63) is 64.2 Å².